The predicted octanol–water partition coefficient (Wildman–Crippen LogP) is 2.94. The monoisotopic (exact) mass is 280 g/mol. The molecular formula is C16H25FN2O. The van der Waals surface area contributed by atoms with Crippen molar-refractivity contribution >= 4 is 5.69 Å². The van der Waals surface area contributed by atoms with Crippen LogP contribution in [0.5, 0.6) is 0 Å². The van der Waals surface area contributed by atoms with E-state index >= 15 is 0 Å². The van der Waals surface area contributed by atoms with Crippen LogP contribution in [-0.4, -0.2) is 31.8 Å². The molecule has 0 atom stereocenters. The van der Waals surface area contributed by atoms with Crippen molar-refractivity contribution in [3.63, 3.8) is 0 Å². The minimum absolute atomic E-state index is 0.152. The van der Waals surface area contributed by atoms with Crippen molar-refractivity contribution in [3.8, 4) is 0 Å². The topological polar surface area (TPSA) is 24.5 Å². The Kier molecular flexibility index (Phi) is 5.00. The Balaban J connectivity index is 2.17. The maximum Gasteiger partial charge on any atom is 0.123 e. The summed E-state index contributed by atoms with van der Waals surface area (Å²) < 4.78 is 19.3. The minimum atomic E-state index is -0.172. The summed E-state index contributed by atoms with van der Waals surface area (Å²) >= 11 is 0. The Hall–Kier alpha value is -1.13. The molecule has 0 spiro atoms. The Morgan fingerprint density at radius 1 is 1.40 bits per heavy atom. The molecule has 1 aromatic rings. The lowest BCUT2D eigenvalue weighted by atomic mass is 10.0. The molecule has 0 amide bonds. The van der Waals surface area contributed by atoms with Crippen molar-refractivity contribution in [1.29, 1.82) is 0 Å². The molecule has 2 rings (SSSR count). The Bertz CT molecular complexity index is 448. The number of nitrogens with zero attached hydrogens (tertiary/aromatic N) is 1. The van der Waals surface area contributed by atoms with Crippen LogP contribution < -0.4 is 10.2 Å². The third-order valence-electron chi connectivity index (χ3n) is 3.55. The average Bonchev–Trinajstić information content (AvgIpc) is 2.38. The van der Waals surface area contributed by atoms with E-state index in [0.29, 0.717) is 13.2 Å². The second kappa shape index (κ2) is 6.55. The summed E-state index contributed by atoms with van der Waals surface area (Å²) in [6, 6.07) is 5.07. The van der Waals surface area contributed by atoms with E-state index in [2.05, 4.69) is 31.0 Å². The van der Waals surface area contributed by atoms with Gasteiger partial charge >= 0.3 is 0 Å². The number of benzene rings is 1. The van der Waals surface area contributed by atoms with Gasteiger partial charge in [0.2, 0.25) is 0 Å². The zero-order valence-corrected chi connectivity index (χ0v) is 12.7. The number of nitrogens with one attached hydrogen (secondary N) is 1. The Morgan fingerprint density at radius 2 is 2.20 bits per heavy atom. The summed E-state index contributed by atoms with van der Waals surface area (Å²) in [5, 5.41) is 3.35. The van der Waals surface area contributed by atoms with Crippen molar-refractivity contribution in [2.75, 3.05) is 31.1 Å². The van der Waals surface area contributed by atoms with Gasteiger partial charge < -0.3 is 15.0 Å². The fraction of sp³-hybridized carbons (Fsp3) is 0.625. The van der Waals surface area contributed by atoms with E-state index in [9.17, 15) is 4.39 Å². The molecule has 3 nitrogen and oxygen atoms in total. The van der Waals surface area contributed by atoms with Crippen LogP contribution in [-0.2, 0) is 11.3 Å². The number of morpholine rings is 1. The molecule has 1 saturated heterocycles. The van der Waals surface area contributed by atoms with Gasteiger partial charge in [0.1, 0.15) is 5.82 Å². The summed E-state index contributed by atoms with van der Waals surface area (Å²) in [5.41, 5.74) is 1.99. The molecule has 0 unspecified atom stereocenters. The van der Waals surface area contributed by atoms with E-state index < -0.39 is 0 Å². The summed E-state index contributed by atoms with van der Waals surface area (Å²) in [5.74, 6) is -0.172. The zero-order chi connectivity index (χ0) is 14.6. The fourth-order valence-electron chi connectivity index (χ4n) is 2.63. The van der Waals surface area contributed by atoms with Crippen LogP contribution in [0.25, 0.3) is 0 Å². The maximum absolute atomic E-state index is 13.5. The average molecular weight is 280 g/mol. The molecule has 0 bridgehead atoms. The molecule has 1 aliphatic heterocycles. The van der Waals surface area contributed by atoms with Gasteiger partial charge in [0.25, 0.3) is 0 Å². The van der Waals surface area contributed by atoms with E-state index in [-0.39, 0.29) is 11.4 Å². The lowest BCUT2D eigenvalue weighted by molar-refractivity contribution is -0.0277. The SMILES string of the molecule is CCCNCc1cc(F)ccc1N1CCOC(C)(C)C1. The van der Waals surface area contributed by atoms with Gasteiger partial charge in [0.15, 0.2) is 0 Å². The number of ether oxygens (including phenoxy) is 1. The molecule has 1 aromatic carbocycles. The van der Waals surface area contributed by atoms with Gasteiger partial charge in [-0.2, -0.15) is 0 Å². The number of anilines is 1. The lowest BCUT2D eigenvalue weighted by Crippen LogP contribution is -2.48. The summed E-state index contributed by atoms with van der Waals surface area (Å²) in [6.07, 6.45) is 1.08. The van der Waals surface area contributed by atoms with E-state index in [4.69, 9.17) is 4.74 Å². The molecule has 4 heteroatoms. The van der Waals surface area contributed by atoms with Crippen LogP contribution in [0.1, 0.15) is 32.8 Å². The van der Waals surface area contributed by atoms with E-state index in [1.54, 1.807) is 12.1 Å². The van der Waals surface area contributed by atoms with E-state index in [1.807, 2.05) is 6.07 Å². The Morgan fingerprint density at radius 3 is 2.90 bits per heavy atom. The highest BCUT2D eigenvalue weighted by molar-refractivity contribution is 5.54. The number of hydrogen-bond donors (Lipinski definition) is 1. The fourth-order valence-corrected chi connectivity index (χ4v) is 2.63. The second-order valence-electron chi connectivity index (χ2n) is 5.98. The highest BCUT2D eigenvalue weighted by atomic mass is 19.1. The summed E-state index contributed by atoms with van der Waals surface area (Å²) in [4.78, 5) is 2.30. The van der Waals surface area contributed by atoms with Crippen molar-refractivity contribution < 1.29 is 9.13 Å². The number of rotatable bonds is 5. The normalized spacial score (nSPS) is 18.3. The van der Waals surface area contributed by atoms with Gasteiger partial charge in [-0.15, -0.1) is 0 Å². The molecule has 112 valence electrons. The highest BCUT2D eigenvalue weighted by Crippen LogP contribution is 2.27. The molecule has 0 aliphatic carbocycles. The van der Waals surface area contributed by atoms with Gasteiger partial charge in [-0.25, -0.2) is 4.39 Å². The molecule has 1 heterocycles. The van der Waals surface area contributed by atoms with Crippen molar-refractivity contribution in [1.82, 2.24) is 5.32 Å². The van der Waals surface area contributed by atoms with Crippen molar-refractivity contribution in [2.45, 2.75) is 39.3 Å². The van der Waals surface area contributed by atoms with Gasteiger partial charge in [0.05, 0.1) is 12.2 Å². The van der Waals surface area contributed by atoms with Crippen LogP contribution >= 0.6 is 0 Å². The van der Waals surface area contributed by atoms with Crippen LogP contribution in [0, 0.1) is 5.82 Å². The quantitative estimate of drug-likeness (QED) is 0.839. The second-order valence-corrected chi connectivity index (χ2v) is 5.98. The first-order chi connectivity index (χ1) is 9.52. The molecule has 1 fully saturated rings. The van der Waals surface area contributed by atoms with Crippen LogP contribution in [0.2, 0.25) is 0 Å². The van der Waals surface area contributed by atoms with Crippen molar-refractivity contribution in [2.24, 2.45) is 0 Å². The first-order valence-electron chi connectivity index (χ1n) is 7.40. The summed E-state index contributed by atoms with van der Waals surface area (Å²) in [6.45, 7) is 10.4. The first kappa shape index (κ1) is 15.3. The minimum Gasteiger partial charge on any atom is -0.372 e. The molecule has 0 aromatic heterocycles. The van der Waals surface area contributed by atoms with Crippen molar-refractivity contribution in [3.05, 3.63) is 29.6 Å². The van der Waals surface area contributed by atoms with Crippen LogP contribution in [0.15, 0.2) is 18.2 Å². The van der Waals surface area contributed by atoms with E-state index in [1.165, 1.54) is 0 Å². The largest absolute Gasteiger partial charge is 0.372 e. The highest BCUT2D eigenvalue weighted by Gasteiger charge is 2.28. The zero-order valence-electron chi connectivity index (χ0n) is 12.7. The molecule has 0 radical (unpaired) electrons. The predicted molar refractivity (Wildman–Crippen MR) is 80.6 cm³/mol. The lowest BCUT2D eigenvalue weighted by Gasteiger charge is -2.40. The van der Waals surface area contributed by atoms with Gasteiger partial charge in [-0.1, -0.05) is 6.92 Å². The third kappa shape index (κ3) is 3.93. The Labute approximate surface area is 121 Å². The third-order valence-corrected chi connectivity index (χ3v) is 3.55. The van der Waals surface area contributed by atoms with Crippen LogP contribution in [0.3, 0.4) is 0 Å². The van der Waals surface area contributed by atoms with Gasteiger partial charge in [0, 0.05) is 25.3 Å². The maximum atomic E-state index is 13.5. The number of hydrogen-bond acceptors (Lipinski definition) is 3. The summed E-state index contributed by atoms with van der Waals surface area (Å²) in [7, 11) is 0. The standard InChI is InChI=1S/C16H25FN2O/c1-4-7-18-11-13-10-14(17)5-6-15(13)19-8-9-20-16(2,3)12-19/h5-6,10,18H,4,7-9,11-12H2,1-3H3. The van der Waals surface area contributed by atoms with E-state index in [0.717, 1.165) is 37.3 Å². The van der Waals surface area contributed by atoms with Gasteiger partial charge in [-0.3, -0.25) is 0 Å². The molecule has 1 aliphatic rings. The molecular weight excluding hydrogens is 255 g/mol. The smallest absolute Gasteiger partial charge is 0.123 e. The first-order valence-corrected chi connectivity index (χ1v) is 7.40. The molecule has 0 saturated carbocycles. The molecule has 1 N–H and O–H groups in total. The molecule has 20 heavy (non-hydrogen) atoms. The van der Waals surface area contributed by atoms with Gasteiger partial charge in [-0.05, 0) is 50.6 Å². The van der Waals surface area contributed by atoms with Crippen LogP contribution in [0.4, 0.5) is 10.1 Å². The number of halogens is 1.